The van der Waals surface area contributed by atoms with Gasteiger partial charge in [-0.15, -0.1) is 0 Å². The summed E-state index contributed by atoms with van der Waals surface area (Å²) in [5, 5.41) is 4.52. The minimum atomic E-state index is 0.652. The SMILES string of the molecule is Cc1cc(-c2ncc(Cl)s2)on1. The highest BCUT2D eigenvalue weighted by Crippen LogP contribution is 2.28. The summed E-state index contributed by atoms with van der Waals surface area (Å²) in [6.07, 6.45) is 1.60. The molecule has 2 aromatic heterocycles. The summed E-state index contributed by atoms with van der Waals surface area (Å²) < 4.78 is 5.65. The van der Waals surface area contributed by atoms with Gasteiger partial charge < -0.3 is 4.52 Å². The molecule has 2 rings (SSSR count). The lowest BCUT2D eigenvalue weighted by Crippen LogP contribution is -1.66. The number of hydrogen-bond donors (Lipinski definition) is 0. The first-order valence-corrected chi connectivity index (χ1v) is 4.50. The van der Waals surface area contributed by atoms with Crippen molar-refractivity contribution in [2.75, 3.05) is 0 Å². The van der Waals surface area contributed by atoms with Gasteiger partial charge in [0, 0.05) is 6.07 Å². The van der Waals surface area contributed by atoms with Gasteiger partial charge in [-0.1, -0.05) is 28.1 Å². The van der Waals surface area contributed by atoms with E-state index in [0.29, 0.717) is 10.1 Å². The smallest absolute Gasteiger partial charge is 0.195 e. The number of rotatable bonds is 1. The lowest BCUT2D eigenvalue weighted by Gasteiger charge is -1.81. The quantitative estimate of drug-likeness (QED) is 0.711. The number of halogens is 1. The molecule has 0 aromatic carbocycles. The van der Waals surface area contributed by atoms with E-state index in [1.165, 1.54) is 11.3 Å². The van der Waals surface area contributed by atoms with E-state index in [4.69, 9.17) is 16.1 Å². The van der Waals surface area contributed by atoms with E-state index < -0.39 is 0 Å². The maximum Gasteiger partial charge on any atom is 0.195 e. The highest BCUT2D eigenvalue weighted by atomic mass is 35.5. The Hall–Kier alpha value is -0.870. The van der Waals surface area contributed by atoms with Crippen LogP contribution in [0.15, 0.2) is 16.8 Å². The fourth-order valence-electron chi connectivity index (χ4n) is 0.833. The molecular formula is C7H5ClN2OS. The summed E-state index contributed by atoms with van der Waals surface area (Å²) >= 11 is 7.09. The van der Waals surface area contributed by atoms with Crippen LogP contribution in [0, 0.1) is 6.92 Å². The van der Waals surface area contributed by atoms with Crippen molar-refractivity contribution in [1.82, 2.24) is 10.1 Å². The van der Waals surface area contributed by atoms with Crippen LogP contribution in [0.1, 0.15) is 5.69 Å². The van der Waals surface area contributed by atoms with E-state index in [2.05, 4.69) is 10.1 Å². The lowest BCUT2D eigenvalue weighted by molar-refractivity contribution is 0.427. The second-order valence-corrected chi connectivity index (χ2v) is 3.96. The molecule has 12 heavy (non-hydrogen) atoms. The monoisotopic (exact) mass is 200 g/mol. The molecule has 2 aromatic rings. The molecule has 0 radical (unpaired) electrons. The van der Waals surface area contributed by atoms with E-state index in [9.17, 15) is 0 Å². The maximum atomic E-state index is 5.71. The van der Waals surface area contributed by atoms with Crippen LogP contribution in [0.5, 0.6) is 0 Å². The van der Waals surface area contributed by atoms with Crippen molar-refractivity contribution in [3.8, 4) is 10.8 Å². The van der Waals surface area contributed by atoms with Gasteiger partial charge in [-0.25, -0.2) is 4.98 Å². The van der Waals surface area contributed by atoms with E-state index in [-0.39, 0.29) is 0 Å². The number of aromatic nitrogens is 2. The van der Waals surface area contributed by atoms with Crippen LogP contribution in [0.2, 0.25) is 4.34 Å². The Morgan fingerprint density at radius 3 is 2.92 bits per heavy atom. The molecule has 0 N–H and O–H groups in total. The average Bonchev–Trinajstić information content (AvgIpc) is 2.58. The van der Waals surface area contributed by atoms with Crippen LogP contribution in [-0.2, 0) is 0 Å². The van der Waals surface area contributed by atoms with Gasteiger partial charge in [0.2, 0.25) is 0 Å². The van der Waals surface area contributed by atoms with Crippen molar-refractivity contribution >= 4 is 22.9 Å². The first-order valence-electron chi connectivity index (χ1n) is 3.31. The molecular weight excluding hydrogens is 196 g/mol. The maximum absolute atomic E-state index is 5.71. The fraction of sp³-hybridized carbons (Fsp3) is 0.143. The Balaban J connectivity index is 2.43. The topological polar surface area (TPSA) is 38.9 Å². The fourth-order valence-corrected chi connectivity index (χ4v) is 1.69. The highest BCUT2D eigenvalue weighted by molar-refractivity contribution is 7.18. The van der Waals surface area contributed by atoms with Gasteiger partial charge in [0.05, 0.1) is 11.9 Å². The summed E-state index contributed by atoms with van der Waals surface area (Å²) in [6.45, 7) is 1.86. The molecule has 0 aliphatic rings. The molecule has 0 aliphatic carbocycles. The summed E-state index contributed by atoms with van der Waals surface area (Å²) in [5.74, 6) is 0.671. The van der Waals surface area contributed by atoms with E-state index in [0.717, 1.165) is 10.7 Å². The first kappa shape index (κ1) is 7.76. The minimum Gasteiger partial charge on any atom is -0.353 e. The van der Waals surface area contributed by atoms with Crippen molar-refractivity contribution in [3.05, 3.63) is 22.3 Å². The van der Waals surface area contributed by atoms with Crippen LogP contribution in [0.25, 0.3) is 10.8 Å². The Morgan fingerprint density at radius 2 is 2.42 bits per heavy atom. The Kier molecular flexibility index (Phi) is 1.86. The molecule has 62 valence electrons. The van der Waals surface area contributed by atoms with Crippen molar-refractivity contribution < 1.29 is 4.52 Å². The van der Waals surface area contributed by atoms with Gasteiger partial charge in [0.1, 0.15) is 4.34 Å². The van der Waals surface area contributed by atoms with Gasteiger partial charge in [-0.05, 0) is 6.92 Å². The minimum absolute atomic E-state index is 0.652. The molecule has 0 spiro atoms. The molecule has 0 saturated carbocycles. The van der Waals surface area contributed by atoms with Crippen LogP contribution in [-0.4, -0.2) is 10.1 Å². The Bertz CT molecular complexity index is 357. The number of hydrogen-bond acceptors (Lipinski definition) is 4. The summed E-state index contributed by atoms with van der Waals surface area (Å²) in [5.41, 5.74) is 0.844. The molecule has 0 bridgehead atoms. The molecule has 0 unspecified atom stereocenters. The second-order valence-electron chi connectivity index (χ2n) is 2.30. The predicted molar refractivity (Wildman–Crippen MR) is 47.4 cm³/mol. The van der Waals surface area contributed by atoms with Crippen LogP contribution in [0.4, 0.5) is 0 Å². The third-order valence-corrected chi connectivity index (χ3v) is 2.45. The second kappa shape index (κ2) is 2.88. The summed E-state index contributed by atoms with van der Waals surface area (Å²) in [7, 11) is 0. The highest BCUT2D eigenvalue weighted by Gasteiger charge is 2.07. The Labute approximate surface area is 78.0 Å². The molecule has 0 amide bonds. The van der Waals surface area contributed by atoms with Crippen LogP contribution >= 0.6 is 22.9 Å². The Morgan fingerprint density at radius 1 is 1.58 bits per heavy atom. The number of thiazole rings is 1. The van der Waals surface area contributed by atoms with E-state index in [1.807, 2.05) is 13.0 Å². The zero-order valence-electron chi connectivity index (χ0n) is 6.24. The third-order valence-electron chi connectivity index (χ3n) is 1.32. The summed E-state index contributed by atoms with van der Waals surface area (Å²) in [6, 6.07) is 1.83. The number of nitrogens with zero attached hydrogens (tertiary/aromatic N) is 2. The molecule has 0 saturated heterocycles. The van der Waals surface area contributed by atoms with Gasteiger partial charge in [0.15, 0.2) is 10.8 Å². The average molecular weight is 201 g/mol. The van der Waals surface area contributed by atoms with Gasteiger partial charge >= 0.3 is 0 Å². The van der Waals surface area contributed by atoms with Gasteiger partial charge in [-0.3, -0.25) is 0 Å². The molecule has 5 heteroatoms. The van der Waals surface area contributed by atoms with Crippen molar-refractivity contribution in [3.63, 3.8) is 0 Å². The van der Waals surface area contributed by atoms with Crippen LogP contribution < -0.4 is 0 Å². The molecule has 0 aliphatic heterocycles. The zero-order valence-corrected chi connectivity index (χ0v) is 7.82. The van der Waals surface area contributed by atoms with E-state index in [1.54, 1.807) is 6.20 Å². The zero-order chi connectivity index (χ0) is 8.55. The van der Waals surface area contributed by atoms with Crippen molar-refractivity contribution in [2.45, 2.75) is 6.92 Å². The first-order chi connectivity index (χ1) is 5.75. The lowest BCUT2D eigenvalue weighted by atomic mass is 10.4. The normalized spacial score (nSPS) is 10.5. The summed E-state index contributed by atoms with van der Waals surface area (Å²) in [4.78, 5) is 4.05. The molecule has 3 nitrogen and oxygen atoms in total. The van der Waals surface area contributed by atoms with Crippen molar-refractivity contribution in [1.29, 1.82) is 0 Å². The number of aryl methyl sites for hydroxylation is 1. The van der Waals surface area contributed by atoms with E-state index >= 15 is 0 Å². The third kappa shape index (κ3) is 1.35. The standard InChI is InChI=1S/C7H5ClN2OS/c1-4-2-5(11-10-4)7-9-3-6(8)12-7/h2-3H,1H3. The van der Waals surface area contributed by atoms with Gasteiger partial charge in [-0.2, -0.15) is 0 Å². The van der Waals surface area contributed by atoms with Gasteiger partial charge in [0.25, 0.3) is 0 Å². The van der Waals surface area contributed by atoms with Crippen molar-refractivity contribution in [2.24, 2.45) is 0 Å². The molecule has 0 fully saturated rings. The van der Waals surface area contributed by atoms with Crippen LogP contribution in [0.3, 0.4) is 0 Å². The predicted octanol–water partition coefficient (Wildman–Crippen LogP) is 2.76. The largest absolute Gasteiger partial charge is 0.353 e. The molecule has 0 atom stereocenters. The molecule has 2 heterocycles.